The van der Waals surface area contributed by atoms with Crippen LogP contribution in [0.25, 0.3) is 0 Å². The summed E-state index contributed by atoms with van der Waals surface area (Å²) in [5.41, 5.74) is 5.82. The summed E-state index contributed by atoms with van der Waals surface area (Å²) in [4.78, 5) is 0. The molecule has 1 aromatic carbocycles. The molecule has 0 aromatic heterocycles. The summed E-state index contributed by atoms with van der Waals surface area (Å²) >= 11 is 5.66. The van der Waals surface area contributed by atoms with E-state index >= 15 is 0 Å². The third-order valence-electron chi connectivity index (χ3n) is 2.52. The van der Waals surface area contributed by atoms with Crippen molar-refractivity contribution in [2.24, 2.45) is 5.73 Å². The molecule has 1 aliphatic rings. The monoisotopic (exact) mass is 215 g/mol. The predicted molar refractivity (Wildman–Crippen MR) is 52.7 cm³/mol. The van der Waals surface area contributed by atoms with Crippen LogP contribution < -0.4 is 5.73 Å². The smallest absolute Gasteiger partial charge is 0.129 e. The number of benzene rings is 1. The van der Waals surface area contributed by atoms with Gasteiger partial charge in [-0.05, 0) is 18.6 Å². The molecule has 1 fully saturated rings. The largest absolute Gasteiger partial charge is 0.379 e. The van der Waals surface area contributed by atoms with Crippen LogP contribution in [0.15, 0.2) is 18.2 Å². The van der Waals surface area contributed by atoms with Gasteiger partial charge < -0.3 is 10.5 Å². The quantitative estimate of drug-likeness (QED) is 0.778. The number of nitrogens with two attached hydrogens (primary N) is 1. The highest BCUT2D eigenvalue weighted by atomic mass is 35.5. The third kappa shape index (κ3) is 1.63. The molecule has 4 heteroatoms. The van der Waals surface area contributed by atoms with E-state index in [1.807, 2.05) is 0 Å². The van der Waals surface area contributed by atoms with Crippen LogP contribution in [0.1, 0.15) is 12.0 Å². The summed E-state index contributed by atoms with van der Waals surface area (Å²) in [6, 6.07) is 4.56. The lowest BCUT2D eigenvalue weighted by atomic mass is 9.90. The minimum absolute atomic E-state index is 0.356. The van der Waals surface area contributed by atoms with Crippen molar-refractivity contribution in [1.29, 1.82) is 0 Å². The van der Waals surface area contributed by atoms with Gasteiger partial charge in [0.05, 0.1) is 12.1 Å². The minimum Gasteiger partial charge on any atom is -0.379 e. The van der Waals surface area contributed by atoms with E-state index in [0.29, 0.717) is 30.2 Å². The zero-order valence-corrected chi connectivity index (χ0v) is 8.35. The van der Waals surface area contributed by atoms with Crippen molar-refractivity contribution in [1.82, 2.24) is 0 Å². The first-order chi connectivity index (χ1) is 6.62. The third-order valence-corrected chi connectivity index (χ3v) is 2.75. The average Bonchev–Trinajstić information content (AvgIpc) is 2.52. The van der Waals surface area contributed by atoms with Gasteiger partial charge >= 0.3 is 0 Å². The molecule has 0 radical (unpaired) electrons. The normalized spacial score (nSPS) is 26.8. The SMILES string of the molecule is NC1(c2ccc(Cl)cc2F)CCOC1. The topological polar surface area (TPSA) is 35.2 Å². The van der Waals surface area contributed by atoms with Crippen molar-refractivity contribution in [3.8, 4) is 0 Å². The van der Waals surface area contributed by atoms with Crippen LogP contribution in [-0.4, -0.2) is 13.2 Å². The molecule has 0 spiro atoms. The summed E-state index contributed by atoms with van der Waals surface area (Å²) in [6.07, 6.45) is 0.644. The number of ether oxygens (including phenoxy) is 1. The van der Waals surface area contributed by atoms with E-state index in [0.717, 1.165) is 0 Å². The highest BCUT2D eigenvalue weighted by Crippen LogP contribution is 2.30. The molecule has 0 amide bonds. The first-order valence-corrected chi connectivity index (χ1v) is 4.82. The van der Waals surface area contributed by atoms with Gasteiger partial charge in [-0.25, -0.2) is 4.39 Å². The number of rotatable bonds is 1. The summed E-state index contributed by atoms with van der Waals surface area (Å²) < 4.78 is 18.7. The molecular weight excluding hydrogens is 205 g/mol. The van der Waals surface area contributed by atoms with E-state index < -0.39 is 5.54 Å². The Balaban J connectivity index is 2.40. The Labute approximate surface area is 86.8 Å². The fraction of sp³-hybridized carbons (Fsp3) is 0.400. The maximum absolute atomic E-state index is 13.5. The van der Waals surface area contributed by atoms with E-state index in [-0.39, 0.29) is 5.82 Å². The molecule has 2 rings (SSSR count). The lowest BCUT2D eigenvalue weighted by Gasteiger charge is -2.22. The van der Waals surface area contributed by atoms with Crippen LogP contribution >= 0.6 is 11.6 Å². The summed E-state index contributed by atoms with van der Waals surface area (Å²) in [5.74, 6) is -0.356. The Bertz CT molecular complexity index is 350. The fourth-order valence-corrected chi connectivity index (χ4v) is 1.85. The van der Waals surface area contributed by atoms with Crippen LogP contribution in [0.2, 0.25) is 5.02 Å². The fourth-order valence-electron chi connectivity index (χ4n) is 1.69. The van der Waals surface area contributed by atoms with Crippen molar-refractivity contribution in [2.45, 2.75) is 12.0 Å². The van der Waals surface area contributed by atoms with Crippen molar-refractivity contribution < 1.29 is 9.13 Å². The van der Waals surface area contributed by atoms with Gasteiger partial charge in [0.2, 0.25) is 0 Å². The van der Waals surface area contributed by atoms with Gasteiger partial charge in [0.15, 0.2) is 0 Å². The second-order valence-corrected chi connectivity index (χ2v) is 4.02. The maximum Gasteiger partial charge on any atom is 0.129 e. The van der Waals surface area contributed by atoms with Crippen molar-refractivity contribution in [3.63, 3.8) is 0 Å². The van der Waals surface area contributed by atoms with Crippen molar-refractivity contribution >= 4 is 11.6 Å². The molecule has 14 heavy (non-hydrogen) atoms. The Morgan fingerprint density at radius 3 is 2.86 bits per heavy atom. The second-order valence-electron chi connectivity index (χ2n) is 3.58. The molecule has 2 N–H and O–H groups in total. The van der Waals surface area contributed by atoms with Crippen LogP contribution in [0.4, 0.5) is 4.39 Å². The molecule has 1 saturated heterocycles. The number of hydrogen-bond acceptors (Lipinski definition) is 2. The van der Waals surface area contributed by atoms with E-state index in [1.54, 1.807) is 12.1 Å². The zero-order valence-electron chi connectivity index (χ0n) is 7.59. The summed E-state index contributed by atoms with van der Waals surface area (Å²) in [6.45, 7) is 0.949. The number of hydrogen-bond donors (Lipinski definition) is 1. The van der Waals surface area contributed by atoms with E-state index in [2.05, 4.69) is 0 Å². The van der Waals surface area contributed by atoms with Gasteiger partial charge in [0.25, 0.3) is 0 Å². The first-order valence-electron chi connectivity index (χ1n) is 4.44. The molecule has 1 aliphatic heterocycles. The van der Waals surface area contributed by atoms with Gasteiger partial charge in [-0.1, -0.05) is 17.7 Å². The van der Waals surface area contributed by atoms with Gasteiger partial charge in [0.1, 0.15) is 5.82 Å². The Morgan fingerprint density at radius 1 is 1.50 bits per heavy atom. The Hall–Kier alpha value is -0.640. The van der Waals surface area contributed by atoms with Crippen LogP contribution in [0.3, 0.4) is 0 Å². The summed E-state index contributed by atoms with van der Waals surface area (Å²) in [7, 11) is 0. The maximum atomic E-state index is 13.5. The van der Waals surface area contributed by atoms with Crippen molar-refractivity contribution in [2.75, 3.05) is 13.2 Å². The zero-order chi connectivity index (χ0) is 10.2. The van der Waals surface area contributed by atoms with Crippen LogP contribution in [0, 0.1) is 5.82 Å². The highest BCUT2D eigenvalue weighted by molar-refractivity contribution is 6.30. The number of halogens is 2. The standard InChI is InChI=1S/C10H11ClFNO/c11-7-1-2-8(9(12)5-7)10(13)3-4-14-6-10/h1-2,5H,3-4,6,13H2. The lowest BCUT2D eigenvalue weighted by molar-refractivity contribution is 0.177. The lowest BCUT2D eigenvalue weighted by Crippen LogP contribution is -2.37. The molecule has 0 aliphatic carbocycles. The molecule has 76 valence electrons. The molecule has 1 heterocycles. The van der Waals surface area contributed by atoms with E-state index in [4.69, 9.17) is 22.1 Å². The van der Waals surface area contributed by atoms with E-state index in [1.165, 1.54) is 6.07 Å². The second kappa shape index (κ2) is 3.50. The predicted octanol–water partition coefficient (Wildman–Crippen LogP) is 2.05. The Morgan fingerprint density at radius 2 is 2.29 bits per heavy atom. The first kappa shape index (κ1) is 9.90. The van der Waals surface area contributed by atoms with Gasteiger partial charge in [-0.3, -0.25) is 0 Å². The molecule has 0 saturated carbocycles. The van der Waals surface area contributed by atoms with Crippen molar-refractivity contribution in [3.05, 3.63) is 34.6 Å². The molecular formula is C10H11ClFNO. The summed E-state index contributed by atoms with van der Waals surface area (Å²) in [5, 5.41) is 0.383. The highest BCUT2D eigenvalue weighted by Gasteiger charge is 2.34. The molecule has 1 aromatic rings. The van der Waals surface area contributed by atoms with Crippen LogP contribution in [0.5, 0.6) is 0 Å². The molecule has 2 nitrogen and oxygen atoms in total. The van der Waals surface area contributed by atoms with Gasteiger partial charge in [-0.15, -0.1) is 0 Å². The molecule has 1 unspecified atom stereocenters. The van der Waals surface area contributed by atoms with E-state index in [9.17, 15) is 4.39 Å². The molecule has 1 atom stereocenters. The Kier molecular flexibility index (Phi) is 2.47. The minimum atomic E-state index is -0.686. The molecule has 0 bridgehead atoms. The van der Waals surface area contributed by atoms with Gasteiger partial charge in [0, 0.05) is 17.2 Å². The van der Waals surface area contributed by atoms with Crippen LogP contribution in [-0.2, 0) is 10.3 Å². The van der Waals surface area contributed by atoms with Gasteiger partial charge in [-0.2, -0.15) is 0 Å². The average molecular weight is 216 g/mol.